The van der Waals surface area contributed by atoms with Gasteiger partial charge in [0.05, 0.1) is 11.1 Å². The standard InChI is InChI=1S/C23H24O4/c1-5-18-7-11-20(12-8-18)22(24)26-16(3)15-17(4)27-23(25)21-13-9-19(6-2)10-14-21/h5-14,16-17H,1-2,15H2,3-4H3/t16-,17-/m1/s1. The number of carbonyl (C=O) groups excluding carboxylic acids is 2. The summed E-state index contributed by atoms with van der Waals surface area (Å²) in [5.41, 5.74) is 2.81. The minimum absolute atomic E-state index is 0.387. The average molecular weight is 364 g/mol. The number of esters is 2. The van der Waals surface area contributed by atoms with E-state index in [9.17, 15) is 9.59 Å². The third-order valence-corrected chi connectivity index (χ3v) is 4.04. The maximum Gasteiger partial charge on any atom is 0.338 e. The third-order valence-electron chi connectivity index (χ3n) is 4.04. The number of carbonyl (C=O) groups is 2. The van der Waals surface area contributed by atoms with Crippen molar-refractivity contribution in [1.29, 1.82) is 0 Å². The van der Waals surface area contributed by atoms with Crippen LogP contribution in [0.3, 0.4) is 0 Å². The first-order chi connectivity index (χ1) is 12.9. The Balaban J connectivity index is 1.85. The van der Waals surface area contributed by atoms with E-state index in [4.69, 9.17) is 9.47 Å². The number of hydrogen-bond donors (Lipinski definition) is 0. The summed E-state index contributed by atoms with van der Waals surface area (Å²) in [6.45, 7) is 10.9. The fourth-order valence-electron chi connectivity index (χ4n) is 2.58. The smallest absolute Gasteiger partial charge is 0.338 e. The molecule has 4 heteroatoms. The zero-order valence-electron chi connectivity index (χ0n) is 15.7. The minimum Gasteiger partial charge on any atom is -0.459 e. The molecular formula is C23H24O4. The summed E-state index contributed by atoms with van der Waals surface area (Å²) in [4.78, 5) is 24.4. The molecule has 0 fully saturated rings. The van der Waals surface area contributed by atoms with Gasteiger partial charge >= 0.3 is 11.9 Å². The van der Waals surface area contributed by atoms with Crippen molar-refractivity contribution in [3.8, 4) is 0 Å². The number of ether oxygens (including phenoxy) is 2. The normalized spacial score (nSPS) is 12.5. The second-order valence-electron chi connectivity index (χ2n) is 6.32. The highest BCUT2D eigenvalue weighted by atomic mass is 16.6. The predicted octanol–water partition coefficient (Wildman–Crippen LogP) is 5.15. The molecule has 4 nitrogen and oxygen atoms in total. The molecule has 0 saturated heterocycles. The lowest BCUT2D eigenvalue weighted by atomic mass is 10.1. The Kier molecular flexibility index (Phi) is 7.12. The first-order valence-electron chi connectivity index (χ1n) is 8.80. The molecule has 0 aliphatic carbocycles. The van der Waals surface area contributed by atoms with Gasteiger partial charge in [0, 0.05) is 6.42 Å². The van der Waals surface area contributed by atoms with Crippen LogP contribution in [0.2, 0.25) is 0 Å². The molecule has 0 radical (unpaired) electrons. The van der Waals surface area contributed by atoms with Crippen LogP contribution in [0.25, 0.3) is 12.2 Å². The molecule has 2 rings (SSSR count). The van der Waals surface area contributed by atoms with E-state index in [0.29, 0.717) is 17.5 Å². The Morgan fingerprint density at radius 3 is 1.41 bits per heavy atom. The van der Waals surface area contributed by atoms with Gasteiger partial charge in [-0.25, -0.2) is 9.59 Å². The Morgan fingerprint density at radius 2 is 1.11 bits per heavy atom. The molecule has 0 amide bonds. The van der Waals surface area contributed by atoms with Crippen LogP contribution in [0.5, 0.6) is 0 Å². The largest absolute Gasteiger partial charge is 0.459 e. The summed E-state index contributed by atoms with van der Waals surface area (Å²) in [5.74, 6) is -0.812. The molecule has 0 aromatic heterocycles. The lowest BCUT2D eigenvalue weighted by Gasteiger charge is -2.18. The highest BCUT2D eigenvalue weighted by Crippen LogP contribution is 2.14. The molecule has 2 aromatic rings. The molecule has 140 valence electrons. The van der Waals surface area contributed by atoms with Gasteiger partial charge in [0.2, 0.25) is 0 Å². The first-order valence-corrected chi connectivity index (χ1v) is 8.80. The van der Waals surface area contributed by atoms with Crippen molar-refractivity contribution in [2.75, 3.05) is 0 Å². The van der Waals surface area contributed by atoms with E-state index in [1.54, 1.807) is 74.5 Å². The van der Waals surface area contributed by atoms with Gasteiger partial charge in [-0.15, -0.1) is 0 Å². The molecule has 27 heavy (non-hydrogen) atoms. The lowest BCUT2D eigenvalue weighted by molar-refractivity contribution is 0.00764. The maximum absolute atomic E-state index is 12.2. The predicted molar refractivity (Wildman–Crippen MR) is 107 cm³/mol. The molecule has 0 aliphatic rings. The van der Waals surface area contributed by atoms with Crippen LogP contribution >= 0.6 is 0 Å². The van der Waals surface area contributed by atoms with Crippen LogP contribution in [-0.2, 0) is 9.47 Å². The van der Waals surface area contributed by atoms with Gasteiger partial charge in [0.25, 0.3) is 0 Å². The zero-order chi connectivity index (χ0) is 19.8. The van der Waals surface area contributed by atoms with Crippen LogP contribution in [0.1, 0.15) is 52.1 Å². The van der Waals surface area contributed by atoms with Gasteiger partial charge in [0.1, 0.15) is 12.2 Å². The molecule has 0 spiro atoms. The van der Waals surface area contributed by atoms with Crippen LogP contribution in [0, 0.1) is 0 Å². The summed E-state index contributed by atoms with van der Waals surface area (Å²) in [6.07, 6.45) is 3.05. The Labute approximate surface area is 160 Å². The fraction of sp³-hybridized carbons (Fsp3) is 0.217. The summed E-state index contributed by atoms with van der Waals surface area (Å²) < 4.78 is 10.9. The molecule has 2 aromatic carbocycles. The second kappa shape index (κ2) is 9.53. The van der Waals surface area contributed by atoms with Crippen molar-refractivity contribution < 1.29 is 19.1 Å². The van der Waals surface area contributed by atoms with Gasteiger partial charge in [-0.1, -0.05) is 49.6 Å². The third kappa shape index (κ3) is 5.96. The van der Waals surface area contributed by atoms with E-state index in [2.05, 4.69) is 13.2 Å². The van der Waals surface area contributed by atoms with E-state index in [-0.39, 0.29) is 12.2 Å². The van der Waals surface area contributed by atoms with Crippen LogP contribution in [0.4, 0.5) is 0 Å². The molecule has 0 bridgehead atoms. The quantitative estimate of drug-likeness (QED) is 0.608. The van der Waals surface area contributed by atoms with Crippen LogP contribution in [-0.4, -0.2) is 24.1 Å². The monoisotopic (exact) mass is 364 g/mol. The van der Waals surface area contributed by atoms with E-state index in [1.807, 2.05) is 0 Å². The minimum atomic E-state index is -0.406. The van der Waals surface area contributed by atoms with E-state index in [1.165, 1.54) is 0 Å². The van der Waals surface area contributed by atoms with Crippen molar-refractivity contribution in [3.63, 3.8) is 0 Å². The van der Waals surface area contributed by atoms with Crippen molar-refractivity contribution in [2.45, 2.75) is 32.5 Å². The van der Waals surface area contributed by atoms with Crippen LogP contribution < -0.4 is 0 Å². The van der Waals surface area contributed by atoms with Crippen molar-refractivity contribution in [3.05, 3.63) is 83.9 Å². The molecule has 0 heterocycles. The van der Waals surface area contributed by atoms with Gasteiger partial charge in [-0.3, -0.25) is 0 Å². The Bertz CT molecular complexity index is 734. The van der Waals surface area contributed by atoms with Gasteiger partial charge in [-0.05, 0) is 49.2 Å². The van der Waals surface area contributed by atoms with Gasteiger partial charge < -0.3 is 9.47 Å². The summed E-state index contributed by atoms with van der Waals surface area (Å²) in [5, 5.41) is 0. The second-order valence-corrected chi connectivity index (χ2v) is 6.32. The summed E-state index contributed by atoms with van der Waals surface area (Å²) in [7, 11) is 0. The topological polar surface area (TPSA) is 52.6 Å². The first kappa shape index (κ1) is 20.2. The number of rotatable bonds is 8. The van der Waals surface area contributed by atoms with Gasteiger partial charge in [0.15, 0.2) is 0 Å². The maximum atomic E-state index is 12.2. The van der Waals surface area contributed by atoms with E-state index in [0.717, 1.165) is 11.1 Å². The number of benzene rings is 2. The van der Waals surface area contributed by atoms with E-state index < -0.39 is 11.9 Å². The molecule has 0 saturated carbocycles. The summed E-state index contributed by atoms with van der Waals surface area (Å²) >= 11 is 0. The van der Waals surface area contributed by atoms with Gasteiger partial charge in [-0.2, -0.15) is 0 Å². The molecule has 0 N–H and O–H groups in total. The van der Waals surface area contributed by atoms with Crippen LogP contribution in [0.15, 0.2) is 61.7 Å². The van der Waals surface area contributed by atoms with Crippen molar-refractivity contribution in [1.82, 2.24) is 0 Å². The molecular weight excluding hydrogens is 340 g/mol. The van der Waals surface area contributed by atoms with Crippen molar-refractivity contribution in [2.24, 2.45) is 0 Å². The molecule has 2 atom stereocenters. The average Bonchev–Trinajstić information content (AvgIpc) is 2.67. The summed E-state index contributed by atoms with van der Waals surface area (Å²) in [6, 6.07) is 14.0. The number of hydrogen-bond acceptors (Lipinski definition) is 4. The Hall–Kier alpha value is -3.14. The molecule has 0 aliphatic heterocycles. The molecule has 0 unspecified atom stereocenters. The Morgan fingerprint density at radius 1 is 0.778 bits per heavy atom. The van der Waals surface area contributed by atoms with Crippen molar-refractivity contribution >= 4 is 24.1 Å². The SMILES string of the molecule is C=Cc1ccc(C(=O)O[C@H](C)C[C@@H](C)OC(=O)c2ccc(C=C)cc2)cc1. The lowest BCUT2D eigenvalue weighted by Crippen LogP contribution is -2.23. The van der Waals surface area contributed by atoms with E-state index >= 15 is 0 Å². The highest BCUT2D eigenvalue weighted by Gasteiger charge is 2.18. The zero-order valence-corrected chi connectivity index (χ0v) is 15.7. The highest BCUT2D eigenvalue weighted by molar-refractivity contribution is 5.90. The fourth-order valence-corrected chi connectivity index (χ4v) is 2.58.